The van der Waals surface area contributed by atoms with Crippen molar-refractivity contribution in [1.29, 1.82) is 0 Å². The van der Waals surface area contributed by atoms with Crippen LogP contribution < -0.4 is 4.74 Å². The summed E-state index contributed by atoms with van der Waals surface area (Å²) in [5.74, 6) is 6.26. The highest BCUT2D eigenvalue weighted by Crippen LogP contribution is 2.25. The lowest BCUT2D eigenvalue weighted by Crippen LogP contribution is -2.17. The third kappa shape index (κ3) is 4.42. The third-order valence-electron chi connectivity index (χ3n) is 3.44. The van der Waals surface area contributed by atoms with E-state index in [-0.39, 0.29) is 5.75 Å². The van der Waals surface area contributed by atoms with Crippen LogP contribution >= 0.6 is 0 Å². The number of pyridine rings is 1. The van der Waals surface area contributed by atoms with Crippen molar-refractivity contribution in [2.45, 2.75) is 20.2 Å². The van der Waals surface area contributed by atoms with Gasteiger partial charge in [0, 0.05) is 29.7 Å². The predicted molar refractivity (Wildman–Crippen MR) is 89.9 cm³/mol. The van der Waals surface area contributed by atoms with Gasteiger partial charge in [0.05, 0.1) is 5.69 Å². The highest BCUT2D eigenvalue weighted by Gasteiger charge is 2.31. The molecule has 4 nitrogen and oxygen atoms in total. The number of aryl methyl sites for hydroxylation is 2. The number of aromatic nitrogens is 3. The van der Waals surface area contributed by atoms with Crippen molar-refractivity contribution in [2.24, 2.45) is 0 Å². The second-order valence-electron chi connectivity index (χ2n) is 5.52. The highest BCUT2D eigenvalue weighted by molar-refractivity contribution is 5.44. The molecule has 26 heavy (non-hydrogen) atoms. The molecule has 0 bridgehead atoms. The average Bonchev–Trinajstić information content (AvgIpc) is 2.93. The molecule has 0 aliphatic rings. The molecule has 1 aromatic carbocycles. The molecule has 0 amide bonds. The Morgan fingerprint density at radius 3 is 2.62 bits per heavy atom. The number of alkyl halides is 3. The molecular formula is C19H14F3N3O. The van der Waals surface area contributed by atoms with Crippen LogP contribution in [-0.2, 0) is 0 Å². The standard InChI is InChI=1S/C19H14F3N3O/c1-13-10-15(8-9-23-13)6-7-16-12-25(14(2)24-16)17-4-3-5-18(11-17)26-19(20,21)22/h3-5,8-12H,1-2H3. The van der Waals surface area contributed by atoms with E-state index in [2.05, 4.69) is 26.5 Å². The van der Waals surface area contributed by atoms with E-state index in [0.717, 1.165) is 11.3 Å². The Labute approximate surface area is 148 Å². The van der Waals surface area contributed by atoms with Crippen LogP contribution in [0.3, 0.4) is 0 Å². The van der Waals surface area contributed by atoms with Crippen LogP contribution in [0.25, 0.3) is 5.69 Å². The topological polar surface area (TPSA) is 39.9 Å². The fraction of sp³-hybridized carbons (Fsp3) is 0.158. The summed E-state index contributed by atoms with van der Waals surface area (Å²) in [6.07, 6.45) is -1.39. The molecule has 0 aliphatic heterocycles. The summed E-state index contributed by atoms with van der Waals surface area (Å²) < 4.78 is 42.8. The van der Waals surface area contributed by atoms with Gasteiger partial charge in [0.2, 0.25) is 0 Å². The summed E-state index contributed by atoms with van der Waals surface area (Å²) in [4.78, 5) is 8.45. The SMILES string of the molecule is Cc1cc(C#Cc2cn(-c3cccc(OC(F)(F)F)c3)c(C)n2)ccn1. The summed E-state index contributed by atoms with van der Waals surface area (Å²) in [6.45, 7) is 3.62. The van der Waals surface area contributed by atoms with Gasteiger partial charge in [0.1, 0.15) is 17.3 Å². The number of imidazole rings is 1. The first-order chi connectivity index (χ1) is 12.3. The Hall–Kier alpha value is -3.27. The summed E-state index contributed by atoms with van der Waals surface area (Å²) in [6, 6.07) is 9.35. The summed E-state index contributed by atoms with van der Waals surface area (Å²) in [7, 11) is 0. The minimum absolute atomic E-state index is 0.289. The van der Waals surface area contributed by atoms with Crippen molar-refractivity contribution < 1.29 is 17.9 Å². The largest absolute Gasteiger partial charge is 0.573 e. The van der Waals surface area contributed by atoms with Gasteiger partial charge in [-0.15, -0.1) is 13.2 Å². The van der Waals surface area contributed by atoms with Gasteiger partial charge in [0.15, 0.2) is 0 Å². The molecule has 0 atom stereocenters. The molecule has 3 aromatic rings. The zero-order valence-corrected chi connectivity index (χ0v) is 14.0. The molecule has 0 unspecified atom stereocenters. The third-order valence-corrected chi connectivity index (χ3v) is 3.44. The number of halogens is 3. The van der Waals surface area contributed by atoms with Gasteiger partial charge in [0.25, 0.3) is 0 Å². The predicted octanol–water partition coefficient (Wildman–Crippen LogP) is 4.18. The fourth-order valence-electron chi connectivity index (χ4n) is 2.38. The molecule has 0 fully saturated rings. The van der Waals surface area contributed by atoms with Crippen LogP contribution in [0.5, 0.6) is 5.75 Å². The molecule has 3 rings (SSSR count). The lowest BCUT2D eigenvalue weighted by atomic mass is 10.2. The molecule has 0 saturated carbocycles. The molecule has 0 spiro atoms. The first-order valence-corrected chi connectivity index (χ1v) is 7.67. The van der Waals surface area contributed by atoms with E-state index >= 15 is 0 Å². The Kier molecular flexibility index (Phi) is 4.67. The van der Waals surface area contributed by atoms with E-state index < -0.39 is 6.36 Å². The molecule has 0 radical (unpaired) electrons. The van der Waals surface area contributed by atoms with Gasteiger partial charge < -0.3 is 9.30 Å². The molecule has 0 N–H and O–H groups in total. The zero-order valence-electron chi connectivity index (χ0n) is 14.0. The van der Waals surface area contributed by atoms with E-state index in [1.165, 1.54) is 18.2 Å². The van der Waals surface area contributed by atoms with Crippen LogP contribution in [-0.4, -0.2) is 20.9 Å². The van der Waals surface area contributed by atoms with Gasteiger partial charge in [-0.05, 0) is 44.0 Å². The van der Waals surface area contributed by atoms with Gasteiger partial charge in [-0.25, -0.2) is 4.98 Å². The summed E-state index contributed by atoms with van der Waals surface area (Å²) in [5, 5.41) is 0. The van der Waals surface area contributed by atoms with Crippen molar-refractivity contribution in [2.75, 3.05) is 0 Å². The average molecular weight is 357 g/mol. The maximum atomic E-state index is 12.4. The van der Waals surface area contributed by atoms with Gasteiger partial charge in [-0.2, -0.15) is 0 Å². The van der Waals surface area contributed by atoms with Crippen molar-refractivity contribution in [3.63, 3.8) is 0 Å². The van der Waals surface area contributed by atoms with Crippen molar-refractivity contribution >= 4 is 0 Å². The maximum Gasteiger partial charge on any atom is 0.573 e. The smallest absolute Gasteiger partial charge is 0.406 e. The van der Waals surface area contributed by atoms with Gasteiger partial charge in [-0.1, -0.05) is 12.0 Å². The van der Waals surface area contributed by atoms with E-state index in [1.54, 1.807) is 36.0 Å². The Bertz CT molecular complexity index is 997. The maximum absolute atomic E-state index is 12.4. The second-order valence-corrected chi connectivity index (χ2v) is 5.52. The van der Waals surface area contributed by atoms with Crippen molar-refractivity contribution in [1.82, 2.24) is 14.5 Å². The number of ether oxygens (including phenoxy) is 1. The molecule has 0 aliphatic carbocycles. The minimum atomic E-state index is -4.73. The van der Waals surface area contributed by atoms with Gasteiger partial charge >= 0.3 is 6.36 Å². The van der Waals surface area contributed by atoms with E-state index in [0.29, 0.717) is 17.2 Å². The number of hydrogen-bond donors (Lipinski definition) is 0. The van der Waals surface area contributed by atoms with Gasteiger partial charge in [-0.3, -0.25) is 4.98 Å². The summed E-state index contributed by atoms with van der Waals surface area (Å²) >= 11 is 0. The first-order valence-electron chi connectivity index (χ1n) is 7.67. The molecule has 2 aromatic heterocycles. The van der Waals surface area contributed by atoms with Crippen LogP contribution in [0.2, 0.25) is 0 Å². The highest BCUT2D eigenvalue weighted by atomic mass is 19.4. The molecule has 0 saturated heterocycles. The minimum Gasteiger partial charge on any atom is -0.406 e. The van der Waals surface area contributed by atoms with Crippen LogP contribution in [0.4, 0.5) is 13.2 Å². The molecule has 2 heterocycles. The number of hydrogen-bond acceptors (Lipinski definition) is 3. The zero-order chi connectivity index (χ0) is 18.7. The quantitative estimate of drug-likeness (QED) is 0.646. The summed E-state index contributed by atoms with van der Waals surface area (Å²) in [5.41, 5.74) is 2.69. The van der Waals surface area contributed by atoms with Crippen LogP contribution in [0.1, 0.15) is 22.8 Å². The number of nitrogens with zero attached hydrogens (tertiary/aromatic N) is 3. The second kappa shape index (κ2) is 6.92. The van der Waals surface area contributed by atoms with E-state index in [4.69, 9.17) is 0 Å². The Balaban J connectivity index is 1.88. The van der Waals surface area contributed by atoms with Crippen LogP contribution in [0, 0.1) is 25.7 Å². The lowest BCUT2D eigenvalue weighted by molar-refractivity contribution is -0.274. The molecule has 132 valence electrons. The normalized spacial score (nSPS) is 11.0. The van der Waals surface area contributed by atoms with E-state index in [1.807, 2.05) is 13.0 Å². The number of benzene rings is 1. The van der Waals surface area contributed by atoms with Crippen molar-refractivity contribution in [3.8, 4) is 23.3 Å². The monoisotopic (exact) mass is 357 g/mol. The lowest BCUT2D eigenvalue weighted by Gasteiger charge is -2.10. The number of rotatable bonds is 2. The Morgan fingerprint density at radius 1 is 1.08 bits per heavy atom. The molecular weight excluding hydrogens is 343 g/mol. The fourth-order valence-corrected chi connectivity index (χ4v) is 2.38. The molecule has 7 heteroatoms. The first kappa shape index (κ1) is 17.5. The Morgan fingerprint density at radius 2 is 1.88 bits per heavy atom. The van der Waals surface area contributed by atoms with Crippen molar-refractivity contribution in [3.05, 3.63) is 71.6 Å². The van der Waals surface area contributed by atoms with Crippen LogP contribution in [0.15, 0.2) is 48.8 Å². The van der Waals surface area contributed by atoms with E-state index in [9.17, 15) is 13.2 Å².